The zero-order valence-corrected chi connectivity index (χ0v) is 14.0. The van der Waals surface area contributed by atoms with Crippen LogP contribution in [0.5, 0.6) is 0 Å². The predicted octanol–water partition coefficient (Wildman–Crippen LogP) is -0.0426. The third-order valence-corrected chi connectivity index (χ3v) is 3.03. The second kappa shape index (κ2) is 13.3. The van der Waals surface area contributed by atoms with Gasteiger partial charge >= 0.3 is 5.97 Å². The van der Waals surface area contributed by atoms with Crippen molar-refractivity contribution in [2.24, 2.45) is 11.7 Å². The van der Waals surface area contributed by atoms with Crippen molar-refractivity contribution in [1.29, 1.82) is 0 Å². The molecule has 0 aliphatic carbocycles. The van der Waals surface area contributed by atoms with Gasteiger partial charge in [0.15, 0.2) is 0 Å². The van der Waals surface area contributed by atoms with Gasteiger partial charge in [-0.25, -0.2) is 0 Å². The molecule has 0 saturated carbocycles. The average molecular weight is 379 g/mol. The summed E-state index contributed by atoms with van der Waals surface area (Å²) in [7, 11) is 0. The normalized spacial score (nSPS) is 11.2. The lowest BCUT2D eigenvalue weighted by molar-refractivity contribution is -0.757. The number of nitrogens with zero attached hydrogens (tertiary/aromatic N) is 2. The zero-order chi connectivity index (χ0) is 19.9. The summed E-state index contributed by atoms with van der Waals surface area (Å²) < 4.78 is 4.93. The molecule has 1 atom stereocenters. The molecule has 1 amide bonds. The molecule has 0 rings (SSSR count). The Labute approximate surface area is 147 Å². The van der Waals surface area contributed by atoms with E-state index in [-0.39, 0.29) is 57.7 Å². The molecule has 2 N–H and O–H groups in total. The molecule has 13 nitrogen and oxygen atoms in total. The van der Waals surface area contributed by atoms with Gasteiger partial charge in [-0.05, 0) is 19.3 Å². The fourth-order valence-electron chi connectivity index (χ4n) is 1.90. The quantitative estimate of drug-likeness (QED) is 0.165. The number of carbonyl (C=O) groups excluding carboxylic acids is 3. The third kappa shape index (κ3) is 13.4. The van der Waals surface area contributed by atoms with E-state index in [9.17, 15) is 34.6 Å². The number of ether oxygens (including phenoxy) is 1. The summed E-state index contributed by atoms with van der Waals surface area (Å²) in [5.74, 6) is -3.00. The number of unbranched alkanes of at least 4 members (excludes halogenated alkanes) is 1. The maximum atomic E-state index is 11.9. The Morgan fingerprint density at radius 1 is 0.885 bits per heavy atom. The van der Waals surface area contributed by atoms with Crippen molar-refractivity contribution in [3.05, 3.63) is 20.2 Å². The molecule has 26 heavy (non-hydrogen) atoms. The Morgan fingerprint density at radius 3 is 1.96 bits per heavy atom. The summed E-state index contributed by atoms with van der Waals surface area (Å²) >= 11 is 0. The lowest BCUT2D eigenvalue weighted by Gasteiger charge is -2.14. The molecule has 148 valence electrons. The van der Waals surface area contributed by atoms with Crippen LogP contribution in [-0.4, -0.2) is 47.7 Å². The number of esters is 1. The number of ketones is 1. The van der Waals surface area contributed by atoms with E-state index in [1.807, 2.05) is 0 Å². The van der Waals surface area contributed by atoms with Gasteiger partial charge in [-0.15, -0.1) is 20.2 Å². The Morgan fingerprint density at radius 2 is 1.42 bits per heavy atom. The highest BCUT2D eigenvalue weighted by atomic mass is 17.0. The molecule has 0 aromatic heterocycles. The molecule has 0 saturated heterocycles. The van der Waals surface area contributed by atoms with Crippen molar-refractivity contribution in [1.82, 2.24) is 0 Å². The highest BCUT2D eigenvalue weighted by Crippen LogP contribution is 2.14. The third-order valence-electron chi connectivity index (χ3n) is 3.03. The highest BCUT2D eigenvalue weighted by Gasteiger charge is 2.25. The molecule has 0 heterocycles. The Kier molecular flexibility index (Phi) is 11.8. The van der Waals surface area contributed by atoms with E-state index in [4.69, 9.17) is 10.5 Å². The van der Waals surface area contributed by atoms with Gasteiger partial charge in [0.2, 0.25) is 5.91 Å². The highest BCUT2D eigenvalue weighted by molar-refractivity contribution is 5.87. The fourth-order valence-corrected chi connectivity index (χ4v) is 1.90. The van der Waals surface area contributed by atoms with Crippen LogP contribution < -0.4 is 5.73 Å². The molecule has 0 spiro atoms. The van der Waals surface area contributed by atoms with Crippen LogP contribution in [0.2, 0.25) is 0 Å². The number of hydrogen-bond donors (Lipinski definition) is 1. The van der Waals surface area contributed by atoms with Crippen LogP contribution in [0, 0.1) is 26.1 Å². The zero-order valence-electron chi connectivity index (χ0n) is 14.0. The van der Waals surface area contributed by atoms with Crippen LogP contribution in [0.15, 0.2) is 0 Å². The molecule has 0 radical (unpaired) electrons. The predicted molar refractivity (Wildman–Crippen MR) is 82.2 cm³/mol. The van der Waals surface area contributed by atoms with Gasteiger partial charge in [-0.1, -0.05) is 0 Å². The van der Waals surface area contributed by atoms with Gasteiger partial charge in [0, 0.05) is 19.3 Å². The number of primary amides is 1. The van der Waals surface area contributed by atoms with E-state index in [1.165, 1.54) is 0 Å². The number of nitrogens with two attached hydrogens (primary N) is 1. The smallest absolute Gasteiger partial charge is 0.309 e. The van der Waals surface area contributed by atoms with Crippen molar-refractivity contribution >= 4 is 17.7 Å². The number of carbonyl (C=O) groups is 3. The monoisotopic (exact) mass is 379 g/mol. The summed E-state index contributed by atoms with van der Waals surface area (Å²) in [5.41, 5.74) is 5.05. The molecule has 1 unspecified atom stereocenters. The van der Waals surface area contributed by atoms with E-state index in [0.29, 0.717) is 6.42 Å². The number of amides is 1. The molecule has 13 heteroatoms. The van der Waals surface area contributed by atoms with Crippen LogP contribution >= 0.6 is 0 Å². The maximum absolute atomic E-state index is 11.9. The van der Waals surface area contributed by atoms with Gasteiger partial charge in [-0.2, -0.15) is 0 Å². The summed E-state index contributed by atoms with van der Waals surface area (Å²) in [6.45, 7) is -0.449. The molecule has 0 aromatic rings. The van der Waals surface area contributed by atoms with E-state index in [2.05, 4.69) is 9.68 Å². The summed E-state index contributed by atoms with van der Waals surface area (Å²) in [4.78, 5) is 62.8. The Balaban J connectivity index is 4.21. The minimum absolute atomic E-state index is 0.0555. The van der Waals surface area contributed by atoms with Crippen LogP contribution in [0.1, 0.15) is 38.5 Å². The topological polar surface area (TPSA) is 191 Å². The van der Waals surface area contributed by atoms with Crippen molar-refractivity contribution in [2.45, 2.75) is 38.5 Å². The summed E-state index contributed by atoms with van der Waals surface area (Å²) in [5, 5.41) is 18.0. The van der Waals surface area contributed by atoms with Crippen LogP contribution in [0.25, 0.3) is 0 Å². The standard InChI is InChI=1S/C13H21N3O10/c14-12(18)9-10(8-11(17)4-3-7-26-16(22)23)13(19)24-5-1-2-6-25-15(20)21/h10H,1-9H2,(H2,14,18). The maximum Gasteiger partial charge on any atom is 0.309 e. The Hall–Kier alpha value is -2.99. The largest absolute Gasteiger partial charge is 0.465 e. The summed E-state index contributed by atoms with van der Waals surface area (Å²) in [6, 6.07) is 0. The van der Waals surface area contributed by atoms with E-state index < -0.39 is 28.0 Å². The molecule has 0 aromatic carbocycles. The first-order chi connectivity index (χ1) is 12.2. The van der Waals surface area contributed by atoms with Gasteiger partial charge in [0.1, 0.15) is 5.78 Å². The van der Waals surface area contributed by atoms with E-state index in [0.717, 1.165) is 0 Å². The van der Waals surface area contributed by atoms with Crippen molar-refractivity contribution in [3.63, 3.8) is 0 Å². The second-order valence-corrected chi connectivity index (χ2v) is 5.20. The minimum atomic E-state index is -1.05. The molecule has 0 fully saturated rings. The number of rotatable bonds is 16. The van der Waals surface area contributed by atoms with Gasteiger partial charge < -0.3 is 20.1 Å². The molecule has 0 aliphatic rings. The van der Waals surface area contributed by atoms with Crippen LogP contribution in [-0.2, 0) is 28.8 Å². The first kappa shape index (κ1) is 23.0. The minimum Gasteiger partial charge on any atom is -0.465 e. The molecular weight excluding hydrogens is 358 g/mol. The molecular formula is C13H21N3O10. The lowest BCUT2D eigenvalue weighted by atomic mass is 9.96. The fraction of sp³-hybridized carbons (Fsp3) is 0.769. The first-order valence-corrected chi connectivity index (χ1v) is 7.73. The van der Waals surface area contributed by atoms with E-state index in [1.54, 1.807) is 0 Å². The van der Waals surface area contributed by atoms with Gasteiger partial charge in [-0.3, -0.25) is 14.4 Å². The second-order valence-electron chi connectivity index (χ2n) is 5.20. The first-order valence-electron chi connectivity index (χ1n) is 7.73. The van der Waals surface area contributed by atoms with Crippen LogP contribution in [0.4, 0.5) is 0 Å². The van der Waals surface area contributed by atoms with Gasteiger partial charge in [0.25, 0.3) is 10.2 Å². The average Bonchev–Trinajstić information content (AvgIpc) is 2.53. The van der Waals surface area contributed by atoms with Crippen molar-refractivity contribution in [3.8, 4) is 0 Å². The SMILES string of the molecule is NC(=O)CC(CC(=O)CCCO[N+](=O)[O-])C(=O)OCCCCO[N+](=O)[O-]. The molecule has 0 bridgehead atoms. The number of hydrogen-bond acceptors (Lipinski definition) is 10. The van der Waals surface area contributed by atoms with Crippen LogP contribution in [0.3, 0.4) is 0 Å². The Bertz CT molecular complexity index is 510. The van der Waals surface area contributed by atoms with E-state index >= 15 is 0 Å². The summed E-state index contributed by atoms with van der Waals surface area (Å²) in [6.07, 6.45) is -0.0482. The van der Waals surface area contributed by atoms with Crippen molar-refractivity contribution < 1.29 is 39.0 Å². The molecule has 0 aliphatic heterocycles. The van der Waals surface area contributed by atoms with Gasteiger partial charge in [0.05, 0.1) is 25.7 Å². The van der Waals surface area contributed by atoms with Crippen molar-refractivity contribution in [2.75, 3.05) is 19.8 Å². The lowest BCUT2D eigenvalue weighted by Crippen LogP contribution is -2.27. The number of Topliss-reactive ketones (excluding diaryl/α,β-unsaturated/α-hetero) is 1.